The van der Waals surface area contributed by atoms with E-state index < -0.39 is 15.8 Å². The van der Waals surface area contributed by atoms with Crippen LogP contribution in [0.4, 0.5) is 10.1 Å². The molecule has 8 nitrogen and oxygen atoms in total. The van der Waals surface area contributed by atoms with Crippen LogP contribution in [0.25, 0.3) is 17.1 Å². The van der Waals surface area contributed by atoms with E-state index in [1.807, 2.05) is 30.3 Å². The van der Waals surface area contributed by atoms with Crippen molar-refractivity contribution in [3.05, 3.63) is 84.7 Å². The van der Waals surface area contributed by atoms with Crippen LogP contribution in [0.2, 0.25) is 0 Å². The number of hydrogen-bond acceptors (Lipinski definition) is 6. The van der Waals surface area contributed by atoms with Crippen LogP contribution in [0.15, 0.2) is 88.9 Å². The summed E-state index contributed by atoms with van der Waals surface area (Å²) in [4.78, 5) is 12.4. The summed E-state index contributed by atoms with van der Waals surface area (Å²) in [5, 5.41) is 16.5. The Balaban J connectivity index is 1.58. The maximum Gasteiger partial charge on any atom is 0.238 e. The fourth-order valence-electron chi connectivity index (χ4n) is 3.07. The standard InChI is InChI=1S/C22H18FN5O3S2/c23-19-12-5-4-11-18(19)21-26-27-22(28(21)16-8-2-1-3-9-16)32-14-20(29)25-15-7-6-10-17(13-15)33(24,30)31/h1-13H,14H2,(H,25,29)(H2,24,30,31). The van der Waals surface area contributed by atoms with Gasteiger partial charge in [0.1, 0.15) is 5.82 Å². The third-order valence-corrected chi connectivity index (χ3v) is 6.38. The summed E-state index contributed by atoms with van der Waals surface area (Å²) >= 11 is 1.11. The van der Waals surface area contributed by atoms with Crippen molar-refractivity contribution in [2.75, 3.05) is 11.1 Å². The summed E-state index contributed by atoms with van der Waals surface area (Å²) in [7, 11) is -3.89. The zero-order chi connectivity index (χ0) is 23.4. The average molecular weight is 484 g/mol. The van der Waals surface area contributed by atoms with Gasteiger partial charge < -0.3 is 5.32 Å². The van der Waals surface area contributed by atoms with Gasteiger partial charge in [0.15, 0.2) is 11.0 Å². The molecule has 0 saturated carbocycles. The summed E-state index contributed by atoms with van der Waals surface area (Å²) in [6.07, 6.45) is 0. The Labute approximate surface area is 193 Å². The Hall–Kier alpha value is -3.54. The molecule has 0 saturated heterocycles. The second-order valence-electron chi connectivity index (χ2n) is 6.87. The van der Waals surface area contributed by atoms with E-state index in [-0.39, 0.29) is 22.1 Å². The number of thioether (sulfide) groups is 1. The number of rotatable bonds is 7. The number of halogens is 1. The molecule has 33 heavy (non-hydrogen) atoms. The van der Waals surface area contributed by atoms with Gasteiger partial charge in [0, 0.05) is 11.4 Å². The molecule has 4 aromatic rings. The smallest absolute Gasteiger partial charge is 0.238 e. The van der Waals surface area contributed by atoms with Gasteiger partial charge in [-0.05, 0) is 42.5 Å². The molecule has 1 heterocycles. The van der Waals surface area contributed by atoms with Crippen molar-refractivity contribution in [3.8, 4) is 17.1 Å². The number of benzene rings is 3. The van der Waals surface area contributed by atoms with Crippen molar-refractivity contribution in [1.82, 2.24) is 14.8 Å². The maximum absolute atomic E-state index is 14.4. The first-order chi connectivity index (χ1) is 15.8. The van der Waals surface area contributed by atoms with Crippen molar-refractivity contribution in [2.45, 2.75) is 10.1 Å². The van der Waals surface area contributed by atoms with Gasteiger partial charge in [0.25, 0.3) is 0 Å². The maximum atomic E-state index is 14.4. The van der Waals surface area contributed by atoms with E-state index in [4.69, 9.17) is 5.14 Å². The average Bonchev–Trinajstić information content (AvgIpc) is 3.22. The molecule has 4 rings (SSSR count). The zero-order valence-electron chi connectivity index (χ0n) is 17.1. The molecule has 0 bridgehead atoms. The molecule has 0 spiro atoms. The Morgan fingerprint density at radius 2 is 1.73 bits per heavy atom. The van der Waals surface area contributed by atoms with Crippen molar-refractivity contribution < 1.29 is 17.6 Å². The van der Waals surface area contributed by atoms with Crippen LogP contribution in [0.5, 0.6) is 0 Å². The largest absolute Gasteiger partial charge is 0.325 e. The number of aromatic nitrogens is 3. The second kappa shape index (κ2) is 9.53. The third-order valence-electron chi connectivity index (χ3n) is 4.54. The first-order valence-corrected chi connectivity index (χ1v) is 12.2. The van der Waals surface area contributed by atoms with Crippen LogP contribution < -0.4 is 10.5 Å². The number of primary sulfonamides is 1. The van der Waals surface area contributed by atoms with Gasteiger partial charge in [-0.3, -0.25) is 9.36 Å². The molecule has 3 aromatic carbocycles. The molecular formula is C22H18FN5O3S2. The van der Waals surface area contributed by atoms with Crippen LogP contribution >= 0.6 is 11.8 Å². The Morgan fingerprint density at radius 1 is 1.00 bits per heavy atom. The fraction of sp³-hybridized carbons (Fsp3) is 0.0455. The molecule has 0 atom stereocenters. The van der Waals surface area contributed by atoms with Gasteiger partial charge in [-0.2, -0.15) is 0 Å². The molecule has 1 aromatic heterocycles. The van der Waals surface area contributed by atoms with Crippen LogP contribution in [0.1, 0.15) is 0 Å². The van der Waals surface area contributed by atoms with E-state index >= 15 is 0 Å². The minimum Gasteiger partial charge on any atom is -0.325 e. The molecule has 11 heteroatoms. The topological polar surface area (TPSA) is 120 Å². The molecule has 3 N–H and O–H groups in total. The number of para-hydroxylation sites is 1. The monoisotopic (exact) mass is 483 g/mol. The van der Waals surface area contributed by atoms with Crippen LogP contribution in [0, 0.1) is 5.82 Å². The number of sulfonamides is 1. The quantitative estimate of drug-likeness (QED) is 0.389. The van der Waals surface area contributed by atoms with Gasteiger partial charge in [-0.25, -0.2) is 17.9 Å². The van der Waals surface area contributed by atoms with E-state index in [0.29, 0.717) is 22.4 Å². The number of nitrogens with two attached hydrogens (primary N) is 1. The highest BCUT2D eigenvalue weighted by Crippen LogP contribution is 2.29. The lowest BCUT2D eigenvalue weighted by molar-refractivity contribution is -0.113. The van der Waals surface area contributed by atoms with Gasteiger partial charge in [-0.15, -0.1) is 10.2 Å². The number of nitrogens with one attached hydrogen (secondary N) is 1. The predicted octanol–water partition coefficient (Wildman–Crippen LogP) is 3.45. The molecule has 0 aliphatic rings. The van der Waals surface area contributed by atoms with Gasteiger partial charge in [0.2, 0.25) is 15.9 Å². The fourth-order valence-corrected chi connectivity index (χ4v) is 4.38. The highest BCUT2D eigenvalue weighted by atomic mass is 32.2. The zero-order valence-corrected chi connectivity index (χ0v) is 18.7. The second-order valence-corrected chi connectivity index (χ2v) is 9.37. The van der Waals surface area contributed by atoms with E-state index in [2.05, 4.69) is 15.5 Å². The van der Waals surface area contributed by atoms with E-state index in [0.717, 1.165) is 11.8 Å². The molecule has 168 valence electrons. The summed E-state index contributed by atoms with van der Waals surface area (Å²) < 4.78 is 39.2. The lowest BCUT2D eigenvalue weighted by atomic mass is 10.2. The lowest BCUT2D eigenvalue weighted by Gasteiger charge is -2.11. The summed E-state index contributed by atoms with van der Waals surface area (Å²) in [6, 6.07) is 21.1. The molecule has 0 aliphatic heterocycles. The van der Waals surface area contributed by atoms with Crippen LogP contribution in [0.3, 0.4) is 0 Å². The minimum absolute atomic E-state index is 0.0398. The molecular weight excluding hydrogens is 465 g/mol. The number of carbonyl (C=O) groups is 1. The number of carbonyl (C=O) groups excluding carboxylic acids is 1. The van der Waals surface area contributed by atoms with Gasteiger partial charge >= 0.3 is 0 Å². The molecule has 0 radical (unpaired) electrons. The molecule has 0 unspecified atom stereocenters. The number of anilines is 1. The number of nitrogens with zero attached hydrogens (tertiary/aromatic N) is 3. The van der Waals surface area contributed by atoms with Crippen LogP contribution in [-0.2, 0) is 14.8 Å². The first kappa shape index (κ1) is 22.6. The first-order valence-electron chi connectivity index (χ1n) is 9.64. The summed E-state index contributed by atoms with van der Waals surface area (Å²) in [6.45, 7) is 0. The number of amides is 1. The highest BCUT2D eigenvalue weighted by molar-refractivity contribution is 7.99. The lowest BCUT2D eigenvalue weighted by Crippen LogP contribution is -2.16. The van der Waals surface area contributed by atoms with Crippen molar-refractivity contribution >= 4 is 33.4 Å². The summed E-state index contributed by atoms with van der Waals surface area (Å²) in [5.74, 6) is -0.558. The van der Waals surface area contributed by atoms with Gasteiger partial charge in [0.05, 0.1) is 16.2 Å². The van der Waals surface area contributed by atoms with E-state index in [1.165, 1.54) is 24.3 Å². The highest BCUT2D eigenvalue weighted by Gasteiger charge is 2.19. The SMILES string of the molecule is NS(=O)(=O)c1cccc(NC(=O)CSc2nnc(-c3ccccc3F)n2-c2ccccc2)c1. The third kappa shape index (κ3) is 5.28. The van der Waals surface area contributed by atoms with Crippen LogP contribution in [-0.4, -0.2) is 34.8 Å². The minimum atomic E-state index is -3.89. The number of hydrogen-bond donors (Lipinski definition) is 2. The molecule has 0 aliphatic carbocycles. The Kier molecular flexibility index (Phi) is 6.54. The normalized spacial score (nSPS) is 11.3. The van der Waals surface area contributed by atoms with Crippen molar-refractivity contribution in [3.63, 3.8) is 0 Å². The van der Waals surface area contributed by atoms with E-state index in [1.54, 1.807) is 28.8 Å². The predicted molar refractivity (Wildman–Crippen MR) is 124 cm³/mol. The summed E-state index contributed by atoms with van der Waals surface area (Å²) in [5.41, 5.74) is 1.29. The Morgan fingerprint density at radius 3 is 2.45 bits per heavy atom. The molecule has 0 fully saturated rings. The van der Waals surface area contributed by atoms with Crippen molar-refractivity contribution in [2.24, 2.45) is 5.14 Å². The molecule has 1 amide bonds. The Bertz CT molecular complexity index is 1410. The van der Waals surface area contributed by atoms with Gasteiger partial charge in [-0.1, -0.05) is 48.2 Å². The van der Waals surface area contributed by atoms with E-state index in [9.17, 15) is 17.6 Å². The van der Waals surface area contributed by atoms with Crippen molar-refractivity contribution in [1.29, 1.82) is 0 Å².